The lowest BCUT2D eigenvalue weighted by Gasteiger charge is -2.23. The lowest BCUT2D eigenvalue weighted by Crippen LogP contribution is -2.26. The van der Waals surface area contributed by atoms with Crippen LogP contribution in [0.15, 0.2) is 46.4 Å². The highest BCUT2D eigenvalue weighted by molar-refractivity contribution is 7.99. The summed E-state index contributed by atoms with van der Waals surface area (Å²) in [6.45, 7) is 4.22. The number of nitrogens with two attached hydrogens (primary N) is 1. The zero-order valence-corrected chi connectivity index (χ0v) is 11.5. The highest BCUT2D eigenvalue weighted by Gasteiger charge is 2.23. The SMILES string of the molecule is CCC(N)C(Sc1ncco1)c1ccccc1C. The molecule has 0 amide bonds. The molecule has 0 saturated heterocycles. The average Bonchev–Trinajstić information content (AvgIpc) is 2.89. The first kappa shape index (κ1) is 13.2. The number of thioether (sulfide) groups is 1. The van der Waals surface area contributed by atoms with Crippen molar-refractivity contribution in [2.24, 2.45) is 5.73 Å². The first-order valence-corrected chi connectivity index (χ1v) is 6.97. The Morgan fingerprint density at radius 3 is 2.78 bits per heavy atom. The van der Waals surface area contributed by atoms with Crippen molar-refractivity contribution in [3.8, 4) is 0 Å². The summed E-state index contributed by atoms with van der Waals surface area (Å²) in [5.41, 5.74) is 8.76. The molecule has 3 nitrogen and oxygen atoms in total. The molecule has 4 heteroatoms. The van der Waals surface area contributed by atoms with Crippen molar-refractivity contribution in [1.29, 1.82) is 0 Å². The molecule has 0 bridgehead atoms. The van der Waals surface area contributed by atoms with E-state index in [1.807, 2.05) is 12.1 Å². The van der Waals surface area contributed by atoms with E-state index in [1.54, 1.807) is 24.2 Å². The topological polar surface area (TPSA) is 52.0 Å². The van der Waals surface area contributed by atoms with Crippen LogP contribution in [0.1, 0.15) is 29.7 Å². The Hall–Kier alpha value is -1.26. The van der Waals surface area contributed by atoms with Crippen LogP contribution in [0, 0.1) is 6.92 Å². The monoisotopic (exact) mass is 262 g/mol. The molecule has 2 aromatic rings. The van der Waals surface area contributed by atoms with E-state index >= 15 is 0 Å². The minimum Gasteiger partial charge on any atom is -0.440 e. The number of nitrogens with zero attached hydrogens (tertiary/aromatic N) is 1. The van der Waals surface area contributed by atoms with Crippen molar-refractivity contribution in [3.05, 3.63) is 47.9 Å². The Bertz CT molecular complexity index is 484. The predicted octanol–water partition coefficient (Wildman–Crippen LogP) is 3.55. The molecule has 2 N–H and O–H groups in total. The Morgan fingerprint density at radius 2 is 2.17 bits per heavy atom. The summed E-state index contributed by atoms with van der Waals surface area (Å²) >= 11 is 1.59. The molecule has 1 heterocycles. The summed E-state index contributed by atoms with van der Waals surface area (Å²) in [5, 5.41) is 0.849. The Labute approximate surface area is 112 Å². The van der Waals surface area contributed by atoms with E-state index in [0.717, 1.165) is 6.42 Å². The van der Waals surface area contributed by atoms with Crippen LogP contribution < -0.4 is 5.73 Å². The number of benzene rings is 1. The van der Waals surface area contributed by atoms with E-state index in [4.69, 9.17) is 10.2 Å². The molecule has 0 aliphatic rings. The van der Waals surface area contributed by atoms with Gasteiger partial charge in [-0.3, -0.25) is 0 Å². The minimum absolute atomic E-state index is 0.0861. The first-order chi connectivity index (χ1) is 8.72. The standard InChI is InChI=1S/C14H18N2OS/c1-3-12(15)13(18-14-16-8-9-17-14)11-7-5-4-6-10(11)2/h4-9,12-13H,3,15H2,1-2H3. The van der Waals surface area contributed by atoms with Crippen molar-refractivity contribution in [2.75, 3.05) is 0 Å². The maximum Gasteiger partial charge on any atom is 0.256 e. The summed E-state index contributed by atoms with van der Waals surface area (Å²) in [5.74, 6) is 0. The maximum absolute atomic E-state index is 6.24. The molecule has 0 spiro atoms. The zero-order valence-electron chi connectivity index (χ0n) is 10.7. The van der Waals surface area contributed by atoms with E-state index in [9.17, 15) is 0 Å². The third-order valence-electron chi connectivity index (χ3n) is 2.99. The Balaban J connectivity index is 2.28. The third-order valence-corrected chi connectivity index (χ3v) is 4.25. The van der Waals surface area contributed by atoms with Crippen molar-refractivity contribution < 1.29 is 4.42 Å². The lowest BCUT2D eigenvalue weighted by atomic mass is 10.00. The molecular formula is C14H18N2OS. The van der Waals surface area contributed by atoms with Gasteiger partial charge >= 0.3 is 0 Å². The highest BCUT2D eigenvalue weighted by atomic mass is 32.2. The van der Waals surface area contributed by atoms with Crippen LogP contribution >= 0.6 is 11.8 Å². The molecule has 0 fully saturated rings. The van der Waals surface area contributed by atoms with Gasteiger partial charge in [0.15, 0.2) is 0 Å². The van der Waals surface area contributed by atoms with E-state index in [0.29, 0.717) is 5.22 Å². The fraction of sp³-hybridized carbons (Fsp3) is 0.357. The molecule has 0 aliphatic carbocycles. The van der Waals surface area contributed by atoms with Gasteiger partial charge in [-0.05, 0) is 24.5 Å². The number of rotatable bonds is 5. The van der Waals surface area contributed by atoms with Crippen molar-refractivity contribution >= 4 is 11.8 Å². The van der Waals surface area contributed by atoms with E-state index < -0.39 is 0 Å². The van der Waals surface area contributed by atoms with Gasteiger partial charge in [0.05, 0.1) is 11.4 Å². The smallest absolute Gasteiger partial charge is 0.256 e. The zero-order chi connectivity index (χ0) is 13.0. The molecule has 96 valence electrons. The number of hydrogen-bond acceptors (Lipinski definition) is 4. The van der Waals surface area contributed by atoms with E-state index in [-0.39, 0.29) is 11.3 Å². The third kappa shape index (κ3) is 2.94. The first-order valence-electron chi connectivity index (χ1n) is 6.09. The largest absolute Gasteiger partial charge is 0.440 e. The van der Waals surface area contributed by atoms with Gasteiger partial charge in [-0.25, -0.2) is 4.98 Å². The van der Waals surface area contributed by atoms with Crippen LogP contribution in [0.3, 0.4) is 0 Å². The molecule has 2 atom stereocenters. The molecule has 0 saturated carbocycles. The molecule has 2 rings (SSSR count). The summed E-state index contributed by atoms with van der Waals surface area (Å²) in [7, 11) is 0. The number of aryl methyl sites for hydroxylation is 1. The Morgan fingerprint density at radius 1 is 1.39 bits per heavy atom. The van der Waals surface area contributed by atoms with Crippen molar-refractivity contribution in [2.45, 2.75) is 36.8 Å². The number of oxazole rings is 1. The fourth-order valence-electron chi connectivity index (χ4n) is 1.88. The van der Waals surface area contributed by atoms with Crippen molar-refractivity contribution in [1.82, 2.24) is 4.98 Å². The van der Waals surface area contributed by atoms with Gasteiger partial charge in [-0.1, -0.05) is 43.0 Å². The quantitative estimate of drug-likeness (QED) is 0.837. The second-order valence-electron chi connectivity index (χ2n) is 4.27. The maximum atomic E-state index is 6.24. The minimum atomic E-state index is 0.0861. The number of aromatic nitrogens is 1. The van der Waals surface area contributed by atoms with E-state index in [2.05, 4.69) is 31.0 Å². The predicted molar refractivity (Wildman–Crippen MR) is 74.5 cm³/mol. The van der Waals surface area contributed by atoms with Crippen LogP contribution in [0.2, 0.25) is 0 Å². The average molecular weight is 262 g/mol. The van der Waals surface area contributed by atoms with Crippen LogP contribution in [0.4, 0.5) is 0 Å². The van der Waals surface area contributed by atoms with Gasteiger partial charge in [-0.15, -0.1) is 0 Å². The molecule has 1 aromatic heterocycles. The van der Waals surface area contributed by atoms with Gasteiger partial charge < -0.3 is 10.2 Å². The highest BCUT2D eigenvalue weighted by Crippen LogP contribution is 2.38. The fourth-order valence-corrected chi connectivity index (χ4v) is 3.09. The second kappa shape index (κ2) is 6.07. The van der Waals surface area contributed by atoms with E-state index in [1.165, 1.54) is 11.1 Å². The normalized spacial score (nSPS) is 14.4. The molecular weight excluding hydrogens is 244 g/mol. The summed E-state index contributed by atoms with van der Waals surface area (Å²) in [4.78, 5) is 4.17. The summed E-state index contributed by atoms with van der Waals surface area (Å²) < 4.78 is 5.32. The number of hydrogen-bond donors (Lipinski definition) is 1. The molecule has 1 aromatic carbocycles. The van der Waals surface area contributed by atoms with Crippen LogP contribution in [0.25, 0.3) is 0 Å². The molecule has 2 unspecified atom stereocenters. The lowest BCUT2D eigenvalue weighted by molar-refractivity contribution is 0.451. The van der Waals surface area contributed by atoms with Crippen LogP contribution in [0.5, 0.6) is 0 Å². The second-order valence-corrected chi connectivity index (χ2v) is 5.36. The summed E-state index contributed by atoms with van der Waals surface area (Å²) in [6.07, 6.45) is 4.18. The van der Waals surface area contributed by atoms with Gasteiger partial charge in [0.25, 0.3) is 5.22 Å². The molecule has 0 radical (unpaired) electrons. The molecule has 0 aliphatic heterocycles. The molecule has 18 heavy (non-hydrogen) atoms. The van der Waals surface area contributed by atoms with Gasteiger partial charge in [0, 0.05) is 6.04 Å². The van der Waals surface area contributed by atoms with Gasteiger partial charge in [0.1, 0.15) is 6.26 Å². The van der Waals surface area contributed by atoms with Crippen LogP contribution in [-0.2, 0) is 0 Å². The summed E-state index contributed by atoms with van der Waals surface area (Å²) in [6, 6.07) is 8.42. The Kier molecular flexibility index (Phi) is 4.44. The van der Waals surface area contributed by atoms with Crippen LogP contribution in [-0.4, -0.2) is 11.0 Å². The van der Waals surface area contributed by atoms with Crippen molar-refractivity contribution in [3.63, 3.8) is 0 Å². The van der Waals surface area contributed by atoms with Gasteiger partial charge in [0.2, 0.25) is 0 Å². The van der Waals surface area contributed by atoms with Gasteiger partial charge in [-0.2, -0.15) is 0 Å².